The zero-order valence-electron chi connectivity index (χ0n) is 20.4. The Balaban J connectivity index is 1.34. The number of fused-ring (bicyclic) bond motifs is 1. The van der Waals surface area contributed by atoms with Crippen LogP contribution in [-0.2, 0) is 29.5 Å². The van der Waals surface area contributed by atoms with Gasteiger partial charge in [0.2, 0.25) is 0 Å². The van der Waals surface area contributed by atoms with Crippen molar-refractivity contribution < 1.29 is 9.53 Å². The van der Waals surface area contributed by atoms with Crippen molar-refractivity contribution in [2.24, 2.45) is 0 Å². The quantitative estimate of drug-likeness (QED) is 0.653. The van der Waals surface area contributed by atoms with Crippen molar-refractivity contribution in [3.8, 4) is 0 Å². The molecule has 34 heavy (non-hydrogen) atoms. The topological polar surface area (TPSA) is 59.4 Å². The average molecular weight is 483 g/mol. The highest BCUT2D eigenvalue weighted by molar-refractivity contribution is 7.99. The van der Waals surface area contributed by atoms with E-state index in [-0.39, 0.29) is 11.3 Å². The molecule has 3 heterocycles. The molecule has 1 aliphatic carbocycles. The van der Waals surface area contributed by atoms with Crippen LogP contribution in [0.2, 0.25) is 0 Å². The molecule has 1 amide bonds. The molecule has 2 saturated heterocycles. The van der Waals surface area contributed by atoms with E-state index in [2.05, 4.69) is 47.3 Å². The highest BCUT2D eigenvalue weighted by Gasteiger charge is 2.36. The summed E-state index contributed by atoms with van der Waals surface area (Å²) in [4.78, 5) is 15.5. The second kappa shape index (κ2) is 10.8. The summed E-state index contributed by atoms with van der Waals surface area (Å²) in [6, 6.07) is 11.3. The number of hydrogen-bond acceptors (Lipinski definition) is 5. The van der Waals surface area contributed by atoms with E-state index in [1.54, 1.807) is 0 Å². The molecule has 1 aromatic carbocycles. The van der Waals surface area contributed by atoms with Crippen LogP contribution in [0.3, 0.4) is 0 Å². The third-order valence-electron chi connectivity index (χ3n) is 7.85. The first-order valence-electron chi connectivity index (χ1n) is 13.0. The molecule has 0 unspecified atom stereocenters. The lowest BCUT2D eigenvalue weighted by molar-refractivity contribution is 0.0486. The number of nitrogens with zero attached hydrogens (tertiary/aromatic N) is 3. The van der Waals surface area contributed by atoms with Crippen molar-refractivity contribution in [2.75, 3.05) is 44.4 Å². The van der Waals surface area contributed by atoms with Crippen LogP contribution < -0.4 is 5.32 Å². The number of ether oxygens (including phenoxy) is 1. The molecule has 1 atom stereocenters. The number of rotatable bonds is 7. The second-order valence-corrected chi connectivity index (χ2v) is 11.2. The summed E-state index contributed by atoms with van der Waals surface area (Å²) in [6.45, 7) is 7.34. The van der Waals surface area contributed by atoms with Crippen LogP contribution in [0.4, 0.5) is 0 Å². The lowest BCUT2D eigenvalue weighted by atomic mass is 9.73. The van der Waals surface area contributed by atoms with Gasteiger partial charge >= 0.3 is 0 Å². The molecule has 0 bridgehead atoms. The summed E-state index contributed by atoms with van der Waals surface area (Å²) in [5.74, 6) is 2.19. The minimum Gasteiger partial charge on any atom is -0.381 e. The summed E-state index contributed by atoms with van der Waals surface area (Å²) in [5.41, 5.74) is 4.73. The van der Waals surface area contributed by atoms with E-state index < -0.39 is 0 Å². The highest BCUT2D eigenvalue weighted by Crippen LogP contribution is 2.35. The molecule has 2 aromatic rings. The molecule has 2 aliphatic heterocycles. The predicted octanol–water partition coefficient (Wildman–Crippen LogP) is 3.68. The van der Waals surface area contributed by atoms with Gasteiger partial charge in [-0.2, -0.15) is 16.9 Å². The van der Waals surface area contributed by atoms with Gasteiger partial charge in [-0.3, -0.25) is 9.48 Å². The van der Waals surface area contributed by atoms with E-state index in [1.807, 2.05) is 16.7 Å². The number of benzene rings is 1. The zero-order valence-corrected chi connectivity index (χ0v) is 21.2. The Hall–Kier alpha value is -1.83. The molecular formula is C27H38N4O2S. The molecule has 7 heteroatoms. The number of nitrogens with one attached hydrogen (secondary N) is 1. The lowest BCUT2D eigenvalue weighted by Gasteiger charge is -2.39. The fourth-order valence-corrected chi connectivity index (χ4v) is 6.71. The maximum atomic E-state index is 13.4. The van der Waals surface area contributed by atoms with E-state index in [0.717, 1.165) is 89.4 Å². The summed E-state index contributed by atoms with van der Waals surface area (Å²) >= 11 is 1.93. The number of amides is 1. The molecule has 2 fully saturated rings. The Morgan fingerprint density at radius 3 is 2.71 bits per heavy atom. The summed E-state index contributed by atoms with van der Waals surface area (Å²) in [7, 11) is 0. The fourth-order valence-electron chi connectivity index (χ4n) is 5.81. The summed E-state index contributed by atoms with van der Waals surface area (Å²) < 4.78 is 7.85. The zero-order chi connectivity index (χ0) is 23.4. The third-order valence-corrected chi connectivity index (χ3v) is 8.79. The Bertz CT molecular complexity index is 965. The monoisotopic (exact) mass is 482 g/mol. The van der Waals surface area contributed by atoms with E-state index in [1.165, 1.54) is 16.8 Å². The number of aromatic nitrogens is 2. The van der Waals surface area contributed by atoms with Crippen molar-refractivity contribution >= 4 is 17.7 Å². The van der Waals surface area contributed by atoms with Gasteiger partial charge in [0.25, 0.3) is 5.91 Å². The van der Waals surface area contributed by atoms with Gasteiger partial charge < -0.3 is 15.0 Å². The molecule has 0 spiro atoms. The SMILES string of the molecule is CCCn1nc(C(=O)N2CCSCC2)c2c1CC[C@@H](NCC1(c3ccccc3)CCOCC1)C2. The first-order chi connectivity index (χ1) is 16.7. The van der Waals surface area contributed by atoms with Crippen molar-refractivity contribution in [1.29, 1.82) is 0 Å². The maximum absolute atomic E-state index is 13.4. The van der Waals surface area contributed by atoms with Crippen LogP contribution in [0, 0.1) is 0 Å². The number of thioether (sulfide) groups is 1. The second-order valence-electron chi connectivity index (χ2n) is 9.98. The Kier molecular flexibility index (Phi) is 7.61. The molecule has 3 aliphatic rings. The molecule has 5 rings (SSSR count). The van der Waals surface area contributed by atoms with Crippen LogP contribution in [0.5, 0.6) is 0 Å². The maximum Gasteiger partial charge on any atom is 0.274 e. The molecule has 6 nitrogen and oxygen atoms in total. The molecule has 0 saturated carbocycles. The van der Waals surface area contributed by atoms with Gasteiger partial charge in [-0.05, 0) is 44.1 Å². The van der Waals surface area contributed by atoms with Crippen LogP contribution in [0.25, 0.3) is 0 Å². The molecule has 0 radical (unpaired) electrons. The van der Waals surface area contributed by atoms with E-state index in [4.69, 9.17) is 9.84 Å². The van der Waals surface area contributed by atoms with E-state index >= 15 is 0 Å². The largest absolute Gasteiger partial charge is 0.381 e. The third kappa shape index (κ3) is 4.93. The average Bonchev–Trinajstić information content (AvgIpc) is 3.26. The normalized spacial score (nSPS) is 22.4. The van der Waals surface area contributed by atoms with Gasteiger partial charge in [0, 0.05) is 73.6 Å². The van der Waals surface area contributed by atoms with Crippen molar-refractivity contribution in [2.45, 2.75) is 63.5 Å². The Morgan fingerprint density at radius 1 is 1.21 bits per heavy atom. The molecule has 1 N–H and O–H groups in total. The minimum atomic E-state index is 0.121. The Labute approximate surface area is 207 Å². The first-order valence-corrected chi connectivity index (χ1v) is 14.2. The van der Waals surface area contributed by atoms with Crippen LogP contribution in [-0.4, -0.2) is 71.0 Å². The van der Waals surface area contributed by atoms with E-state index in [9.17, 15) is 4.79 Å². The first kappa shape index (κ1) is 23.9. The van der Waals surface area contributed by atoms with E-state index in [0.29, 0.717) is 11.7 Å². The number of aryl methyl sites for hydroxylation is 1. The molecular weight excluding hydrogens is 444 g/mol. The Morgan fingerprint density at radius 2 is 1.97 bits per heavy atom. The van der Waals surface area contributed by atoms with Gasteiger partial charge in [-0.15, -0.1) is 0 Å². The van der Waals surface area contributed by atoms with Crippen LogP contribution in [0.1, 0.15) is 59.9 Å². The minimum absolute atomic E-state index is 0.121. The summed E-state index contributed by atoms with van der Waals surface area (Å²) in [6.07, 6.45) is 6.11. The standard InChI is InChI=1S/C27H38N4O2S/c1-2-12-31-24-9-8-22(19-23(24)25(29-31)26(32)30-13-17-34-18-14-30)28-20-27(10-15-33-16-11-27)21-6-4-3-5-7-21/h3-7,22,28H,2,8-20H2,1H3/t22-/m1/s1. The van der Waals surface area contributed by atoms with Gasteiger partial charge in [-0.1, -0.05) is 37.3 Å². The van der Waals surface area contributed by atoms with Crippen molar-refractivity contribution in [3.05, 3.63) is 52.8 Å². The van der Waals surface area contributed by atoms with Crippen LogP contribution in [0.15, 0.2) is 30.3 Å². The number of carbonyl (C=O) groups excluding carboxylic acids is 1. The molecule has 184 valence electrons. The summed E-state index contributed by atoms with van der Waals surface area (Å²) in [5, 5.41) is 8.81. The number of hydrogen-bond donors (Lipinski definition) is 1. The number of carbonyl (C=O) groups is 1. The van der Waals surface area contributed by atoms with Gasteiger partial charge in [0.05, 0.1) is 0 Å². The van der Waals surface area contributed by atoms with Crippen molar-refractivity contribution in [3.63, 3.8) is 0 Å². The predicted molar refractivity (Wildman–Crippen MR) is 138 cm³/mol. The highest BCUT2D eigenvalue weighted by atomic mass is 32.2. The van der Waals surface area contributed by atoms with Gasteiger partial charge in [0.1, 0.15) is 0 Å². The van der Waals surface area contributed by atoms with Gasteiger partial charge in [0.15, 0.2) is 5.69 Å². The fraction of sp³-hybridized carbons (Fsp3) is 0.630. The lowest BCUT2D eigenvalue weighted by Crippen LogP contribution is -2.47. The van der Waals surface area contributed by atoms with Crippen LogP contribution >= 0.6 is 11.8 Å². The molecule has 1 aromatic heterocycles. The smallest absolute Gasteiger partial charge is 0.274 e. The van der Waals surface area contributed by atoms with Crippen molar-refractivity contribution in [1.82, 2.24) is 20.0 Å². The van der Waals surface area contributed by atoms with Gasteiger partial charge in [-0.25, -0.2) is 0 Å².